The van der Waals surface area contributed by atoms with Crippen LogP contribution in [0.15, 0.2) is 34.9 Å². The maximum atomic E-state index is 11.8. The molecule has 0 fully saturated rings. The van der Waals surface area contributed by atoms with Gasteiger partial charge in [-0.1, -0.05) is 0 Å². The first-order chi connectivity index (χ1) is 8.56. The number of rotatable bonds is 3. The first kappa shape index (κ1) is 12.6. The normalized spacial score (nSPS) is 10.3. The molecule has 6 heteroatoms. The summed E-state index contributed by atoms with van der Waals surface area (Å²) in [6.45, 7) is 0.148. The van der Waals surface area contributed by atoms with Gasteiger partial charge in [0.25, 0.3) is 0 Å². The standard InChI is InChI=1S/C12H12BrN3O2/c1-16-5-4-9(15-16)7-18-12(17)8-2-3-10(13)11(14)6-8/h2-6H,7,14H2,1H3. The number of anilines is 1. The van der Waals surface area contributed by atoms with Crippen LogP contribution in [0, 0.1) is 0 Å². The Morgan fingerprint density at radius 1 is 1.50 bits per heavy atom. The third-order valence-corrected chi connectivity index (χ3v) is 3.07. The Hall–Kier alpha value is -1.82. The number of halogens is 1. The molecule has 0 amide bonds. The second-order valence-electron chi connectivity index (χ2n) is 3.79. The average molecular weight is 310 g/mol. The number of nitrogens with zero attached hydrogens (tertiary/aromatic N) is 2. The second kappa shape index (κ2) is 5.22. The number of aryl methyl sites for hydroxylation is 1. The molecule has 0 unspecified atom stereocenters. The van der Waals surface area contributed by atoms with E-state index >= 15 is 0 Å². The largest absolute Gasteiger partial charge is 0.456 e. The maximum Gasteiger partial charge on any atom is 0.338 e. The Morgan fingerprint density at radius 3 is 2.89 bits per heavy atom. The fraction of sp³-hybridized carbons (Fsp3) is 0.167. The van der Waals surface area contributed by atoms with Gasteiger partial charge in [-0.05, 0) is 40.2 Å². The molecular formula is C12H12BrN3O2. The molecule has 0 aliphatic heterocycles. The zero-order chi connectivity index (χ0) is 13.1. The molecule has 0 bridgehead atoms. The quantitative estimate of drug-likeness (QED) is 0.696. The number of aromatic nitrogens is 2. The van der Waals surface area contributed by atoms with Crippen LogP contribution in [0.25, 0.3) is 0 Å². The van der Waals surface area contributed by atoms with Crippen LogP contribution in [0.5, 0.6) is 0 Å². The van der Waals surface area contributed by atoms with E-state index in [1.807, 2.05) is 0 Å². The van der Waals surface area contributed by atoms with Crippen molar-refractivity contribution in [2.24, 2.45) is 7.05 Å². The van der Waals surface area contributed by atoms with Crippen LogP contribution in [-0.4, -0.2) is 15.7 Å². The van der Waals surface area contributed by atoms with E-state index in [-0.39, 0.29) is 6.61 Å². The lowest BCUT2D eigenvalue weighted by molar-refractivity contribution is 0.0467. The molecule has 1 aromatic carbocycles. The lowest BCUT2D eigenvalue weighted by Gasteiger charge is -2.04. The molecule has 5 nitrogen and oxygen atoms in total. The summed E-state index contributed by atoms with van der Waals surface area (Å²) in [4.78, 5) is 11.8. The molecule has 2 aromatic rings. The van der Waals surface area contributed by atoms with E-state index in [1.54, 1.807) is 42.2 Å². The second-order valence-corrected chi connectivity index (χ2v) is 4.65. The molecule has 1 heterocycles. The Kier molecular flexibility index (Phi) is 3.66. The van der Waals surface area contributed by atoms with Gasteiger partial charge in [-0.15, -0.1) is 0 Å². The highest BCUT2D eigenvalue weighted by Crippen LogP contribution is 2.20. The third-order valence-electron chi connectivity index (χ3n) is 2.35. The summed E-state index contributed by atoms with van der Waals surface area (Å²) in [5.74, 6) is -0.417. The van der Waals surface area contributed by atoms with Crippen molar-refractivity contribution in [2.75, 3.05) is 5.73 Å². The molecule has 0 aliphatic rings. The Balaban J connectivity index is 2.01. The molecule has 0 spiro atoms. The van der Waals surface area contributed by atoms with Crippen molar-refractivity contribution in [3.63, 3.8) is 0 Å². The monoisotopic (exact) mass is 309 g/mol. The van der Waals surface area contributed by atoms with Crippen LogP contribution in [0.1, 0.15) is 16.1 Å². The molecule has 2 rings (SSSR count). The van der Waals surface area contributed by atoms with Gasteiger partial charge in [0.1, 0.15) is 6.61 Å². The van der Waals surface area contributed by atoms with Crippen molar-refractivity contribution >= 4 is 27.6 Å². The van der Waals surface area contributed by atoms with E-state index in [4.69, 9.17) is 10.5 Å². The third kappa shape index (κ3) is 2.89. The van der Waals surface area contributed by atoms with Gasteiger partial charge >= 0.3 is 5.97 Å². The van der Waals surface area contributed by atoms with Crippen LogP contribution >= 0.6 is 15.9 Å². The summed E-state index contributed by atoms with van der Waals surface area (Å²) in [5.41, 5.74) is 7.33. The summed E-state index contributed by atoms with van der Waals surface area (Å²) < 4.78 is 7.54. The number of nitrogen functional groups attached to an aromatic ring is 1. The highest BCUT2D eigenvalue weighted by Gasteiger charge is 2.09. The average Bonchev–Trinajstić information content (AvgIpc) is 2.75. The highest BCUT2D eigenvalue weighted by atomic mass is 79.9. The van der Waals surface area contributed by atoms with Gasteiger partial charge in [0.05, 0.1) is 11.3 Å². The Bertz CT molecular complexity index is 580. The van der Waals surface area contributed by atoms with Gasteiger partial charge in [0, 0.05) is 23.4 Å². The molecule has 0 radical (unpaired) electrons. The minimum absolute atomic E-state index is 0.148. The SMILES string of the molecule is Cn1ccc(COC(=O)c2ccc(Br)c(N)c2)n1. The number of benzene rings is 1. The highest BCUT2D eigenvalue weighted by molar-refractivity contribution is 9.10. The van der Waals surface area contributed by atoms with E-state index in [9.17, 15) is 4.79 Å². The van der Waals surface area contributed by atoms with Crippen molar-refractivity contribution in [3.8, 4) is 0 Å². The van der Waals surface area contributed by atoms with Crippen molar-refractivity contribution in [2.45, 2.75) is 6.61 Å². The lowest BCUT2D eigenvalue weighted by atomic mass is 10.2. The Labute approximate surface area is 113 Å². The van der Waals surface area contributed by atoms with Crippen LogP contribution in [-0.2, 0) is 18.4 Å². The molecule has 1 aromatic heterocycles. The number of nitrogens with two attached hydrogens (primary N) is 1. The summed E-state index contributed by atoms with van der Waals surface area (Å²) in [6, 6.07) is 6.74. The van der Waals surface area contributed by atoms with Crippen molar-refractivity contribution < 1.29 is 9.53 Å². The van der Waals surface area contributed by atoms with E-state index in [0.717, 1.165) is 4.47 Å². The molecule has 0 atom stereocenters. The maximum absolute atomic E-state index is 11.8. The molecule has 0 saturated heterocycles. The number of esters is 1. The van der Waals surface area contributed by atoms with Gasteiger partial charge < -0.3 is 10.5 Å². The van der Waals surface area contributed by atoms with E-state index in [2.05, 4.69) is 21.0 Å². The van der Waals surface area contributed by atoms with Crippen molar-refractivity contribution in [3.05, 3.63) is 46.2 Å². The minimum Gasteiger partial charge on any atom is -0.456 e. The summed E-state index contributed by atoms with van der Waals surface area (Å²) >= 11 is 3.27. The number of carbonyl (C=O) groups excluding carboxylic acids is 1. The smallest absolute Gasteiger partial charge is 0.338 e. The van der Waals surface area contributed by atoms with Gasteiger partial charge in [0.15, 0.2) is 0 Å². The van der Waals surface area contributed by atoms with Crippen LogP contribution in [0.3, 0.4) is 0 Å². The van der Waals surface area contributed by atoms with Crippen LogP contribution < -0.4 is 5.73 Å². The molecular weight excluding hydrogens is 298 g/mol. The molecule has 0 aliphatic carbocycles. The van der Waals surface area contributed by atoms with Gasteiger partial charge in [-0.3, -0.25) is 4.68 Å². The zero-order valence-electron chi connectivity index (χ0n) is 9.76. The molecule has 18 heavy (non-hydrogen) atoms. The molecule has 2 N–H and O–H groups in total. The summed E-state index contributed by atoms with van der Waals surface area (Å²) in [6.07, 6.45) is 1.79. The van der Waals surface area contributed by atoms with E-state index in [1.165, 1.54) is 0 Å². The first-order valence-corrected chi connectivity index (χ1v) is 6.06. The van der Waals surface area contributed by atoms with Gasteiger partial charge in [0.2, 0.25) is 0 Å². The number of ether oxygens (including phenoxy) is 1. The van der Waals surface area contributed by atoms with Gasteiger partial charge in [-0.2, -0.15) is 5.10 Å². The lowest BCUT2D eigenvalue weighted by Crippen LogP contribution is -2.06. The fourth-order valence-corrected chi connectivity index (χ4v) is 1.68. The van der Waals surface area contributed by atoms with E-state index < -0.39 is 5.97 Å². The number of hydrogen-bond acceptors (Lipinski definition) is 4. The van der Waals surface area contributed by atoms with Crippen molar-refractivity contribution in [1.29, 1.82) is 0 Å². The molecule has 0 saturated carbocycles. The number of hydrogen-bond donors (Lipinski definition) is 1. The topological polar surface area (TPSA) is 70.1 Å². The van der Waals surface area contributed by atoms with Crippen molar-refractivity contribution in [1.82, 2.24) is 9.78 Å². The summed E-state index contributed by atoms with van der Waals surface area (Å²) in [7, 11) is 1.81. The number of carbonyl (C=O) groups is 1. The van der Waals surface area contributed by atoms with Crippen LogP contribution in [0.2, 0.25) is 0 Å². The predicted octanol–water partition coefficient (Wildman–Crippen LogP) is 2.12. The minimum atomic E-state index is -0.417. The first-order valence-electron chi connectivity index (χ1n) is 5.27. The zero-order valence-corrected chi connectivity index (χ0v) is 11.3. The summed E-state index contributed by atoms with van der Waals surface area (Å²) in [5, 5.41) is 4.12. The Morgan fingerprint density at radius 2 is 2.28 bits per heavy atom. The van der Waals surface area contributed by atoms with E-state index in [0.29, 0.717) is 16.9 Å². The fourth-order valence-electron chi connectivity index (χ4n) is 1.43. The molecule has 94 valence electrons. The van der Waals surface area contributed by atoms with Gasteiger partial charge in [-0.25, -0.2) is 4.79 Å². The van der Waals surface area contributed by atoms with Crippen LogP contribution in [0.4, 0.5) is 5.69 Å². The predicted molar refractivity (Wildman–Crippen MR) is 70.9 cm³/mol.